The van der Waals surface area contributed by atoms with E-state index in [1.54, 1.807) is 24.2 Å². The summed E-state index contributed by atoms with van der Waals surface area (Å²) < 4.78 is 0. The van der Waals surface area contributed by atoms with E-state index >= 15 is 0 Å². The number of amides is 2. The lowest BCUT2D eigenvalue weighted by Crippen LogP contribution is -2.27. The molecule has 0 radical (unpaired) electrons. The van der Waals surface area contributed by atoms with E-state index in [1.165, 1.54) is 0 Å². The van der Waals surface area contributed by atoms with Gasteiger partial charge in [-0.1, -0.05) is 42.5 Å². The molecule has 146 valence electrons. The van der Waals surface area contributed by atoms with Gasteiger partial charge in [-0.15, -0.1) is 11.8 Å². The first-order valence-electron chi connectivity index (χ1n) is 9.43. The van der Waals surface area contributed by atoms with Crippen LogP contribution in [-0.4, -0.2) is 27.5 Å². The van der Waals surface area contributed by atoms with Gasteiger partial charge < -0.3 is 10.2 Å². The highest BCUT2D eigenvalue weighted by molar-refractivity contribution is 8.00. The Balaban J connectivity index is 1.42. The van der Waals surface area contributed by atoms with Crippen molar-refractivity contribution in [2.24, 2.45) is 0 Å². The van der Waals surface area contributed by atoms with E-state index in [9.17, 15) is 9.59 Å². The van der Waals surface area contributed by atoms with Gasteiger partial charge >= 0.3 is 0 Å². The van der Waals surface area contributed by atoms with E-state index in [4.69, 9.17) is 0 Å². The van der Waals surface area contributed by atoms with Crippen LogP contribution in [0.3, 0.4) is 0 Å². The molecule has 2 heterocycles. The van der Waals surface area contributed by atoms with Crippen molar-refractivity contribution in [3.63, 3.8) is 0 Å². The fourth-order valence-corrected chi connectivity index (χ4v) is 4.45. The van der Waals surface area contributed by atoms with E-state index in [0.29, 0.717) is 24.4 Å². The van der Waals surface area contributed by atoms with Gasteiger partial charge in [-0.3, -0.25) is 14.6 Å². The summed E-state index contributed by atoms with van der Waals surface area (Å²) in [5.41, 5.74) is 3.75. The van der Waals surface area contributed by atoms with E-state index in [0.717, 1.165) is 16.7 Å². The SMILES string of the molecule is O=C(NCc1ccncc1)c1ccc([C@@H]2SCC(=O)N2Cc2ccccc2)cc1. The molecule has 1 N–H and O–H groups in total. The van der Waals surface area contributed by atoms with E-state index < -0.39 is 0 Å². The van der Waals surface area contributed by atoms with Crippen LogP contribution in [0.5, 0.6) is 0 Å². The number of carbonyl (C=O) groups excluding carboxylic acids is 2. The Hall–Kier alpha value is -3.12. The Labute approximate surface area is 174 Å². The van der Waals surface area contributed by atoms with Gasteiger partial charge in [-0.2, -0.15) is 0 Å². The number of rotatable bonds is 6. The zero-order chi connectivity index (χ0) is 20.1. The Kier molecular flexibility index (Phi) is 5.91. The molecule has 1 atom stereocenters. The number of pyridine rings is 1. The van der Waals surface area contributed by atoms with Gasteiger partial charge in [0.05, 0.1) is 5.75 Å². The van der Waals surface area contributed by atoms with Crippen molar-refractivity contribution >= 4 is 23.6 Å². The summed E-state index contributed by atoms with van der Waals surface area (Å²) >= 11 is 1.62. The predicted molar refractivity (Wildman–Crippen MR) is 114 cm³/mol. The smallest absolute Gasteiger partial charge is 0.251 e. The lowest BCUT2D eigenvalue weighted by Gasteiger charge is -2.24. The van der Waals surface area contributed by atoms with Crippen LogP contribution in [-0.2, 0) is 17.9 Å². The molecule has 2 amide bonds. The molecule has 29 heavy (non-hydrogen) atoms. The maximum atomic E-state index is 12.4. The van der Waals surface area contributed by atoms with Crippen LogP contribution in [0.2, 0.25) is 0 Å². The van der Waals surface area contributed by atoms with Crippen LogP contribution in [0.25, 0.3) is 0 Å². The largest absolute Gasteiger partial charge is 0.348 e. The molecule has 0 unspecified atom stereocenters. The summed E-state index contributed by atoms with van der Waals surface area (Å²) in [5, 5.41) is 2.89. The third-order valence-corrected chi connectivity index (χ3v) is 6.08. The molecule has 6 heteroatoms. The first-order valence-corrected chi connectivity index (χ1v) is 10.5. The highest BCUT2D eigenvalue weighted by atomic mass is 32.2. The van der Waals surface area contributed by atoms with Crippen LogP contribution in [0.15, 0.2) is 79.1 Å². The van der Waals surface area contributed by atoms with Crippen LogP contribution < -0.4 is 5.32 Å². The summed E-state index contributed by atoms with van der Waals surface area (Å²) in [6.45, 7) is 1.05. The Morgan fingerprint density at radius 2 is 1.72 bits per heavy atom. The van der Waals surface area contributed by atoms with Gasteiger partial charge in [0.15, 0.2) is 0 Å². The minimum absolute atomic E-state index is 0.0309. The van der Waals surface area contributed by atoms with Crippen molar-refractivity contribution in [1.82, 2.24) is 15.2 Å². The molecule has 0 aliphatic carbocycles. The van der Waals surface area contributed by atoms with Gasteiger partial charge in [0.2, 0.25) is 5.91 Å². The van der Waals surface area contributed by atoms with Crippen LogP contribution in [0.4, 0.5) is 0 Å². The first kappa shape index (κ1) is 19.2. The molecule has 0 bridgehead atoms. The van der Waals surface area contributed by atoms with Gasteiger partial charge in [0, 0.05) is 31.0 Å². The minimum atomic E-state index is -0.121. The lowest BCUT2D eigenvalue weighted by molar-refractivity contribution is -0.128. The average Bonchev–Trinajstić information content (AvgIpc) is 3.14. The van der Waals surface area contributed by atoms with Gasteiger partial charge in [-0.25, -0.2) is 0 Å². The number of carbonyl (C=O) groups is 2. The van der Waals surface area contributed by atoms with Crippen molar-refractivity contribution in [3.8, 4) is 0 Å². The molecular formula is C23H21N3O2S. The zero-order valence-corrected chi connectivity index (χ0v) is 16.6. The molecule has 1 saturated heterocycles. The maximum absolute atomic E-state index is 12.4. The second kappa shape index (κ2) is 8.92. The van der Waals surface area contributed by atoms with Crippen molar-refractivity contribution in [3.05, 3.63) is 101 Å². The number of benzene rings is 2. The first-order chi connectivity index (χ1) is 14.2. The van der Waals surface area contributed by atoms with Crippen LogP contribution in [0.1, 0.15) is 32.4 Å². The van der Waals surface area contributed by atoms with Gasteiger partial charge in [0.1, 0.15) is 5.37 Å². The highest BCUT2D eigenvalue weighted by Gasteiger charge is 2.32. The van der Waals surface area contributed by atoms with Crippen molar-refractivity contribution in [2.75, 3.05) is 5.75 Å². The molecule has 1 aliphatic heterocycles. The Morgan fingerprint density at radius 3 is 2.45 bits per heavy atom. The zero-order valence-electron chi connectivity index (χ0n) is 15.8. The van der Waals surface area contributed by atoms with Crippen molar-refractivity contribution in [1.29, 1.82) is 0 Å². The fourth-order valence-electron chi connectivity index (χ4n) is 3.27. The number of aromatic nitrogens is 1. The van der Waals surface area contributed by atoms with E-state index in [2.05, 4.69) is 10.3 Å². The third kappa shape index (κ3) is 4.66. The topological polar surface area (TPSA) is 62.3 Å². The predicted octanol–water partition coefficient (Wildman–Crippen LogP) is 3.79. The minimum Gasteiger partial charge on any atom is -0.348 e. The molecule has 1 fully saturated rings. The number of thioether (sulfide) groups is 1. The average molecular weight is 404 g/mol. The second-order valence-corrected chi connectivity index (χ2v) is 7.90. The summed E-state index contributed by atoms with van der Waals surface area (Å²) in [6, 6.07) is 21.3. The van der Waals surface area contributed by atoms with Crippen molar-refractivity contribution < 1.29 is 9.59 Å². The van der Waals surface area contributed by atoms with Crippen molar-refractivity contribution in [2.45, 2.75) is 18.5 Å². The maximum Gasteiger partial charge on any atom is 0.251 e. The van der Waals surface area contributed by atoms with Crippen LogP contribution >= 0.6 is 11.8 Å². The number of hydrogen-bond donors (Lipinski definition) is 1. The summed E-state index contributed by atoms with van der Waals surface area (Å²) in [7, 11) is 0. The molecule has 0 saturated carbocycles. The molecule has 0 spiro atoms. The van der Waals surface area contributed by atoms with E-state index in [-0.39, 0.29) is 17.2 Å². The molecular weight excluding hydrogens is 382 g/mol. The molecule has 1 aromatic heterocycles. The Bertz CT molecular complexity index is 978. The van der Waals surface area contributed by atoms with Crippen LogP contribution in [0, 0.1) is 0 Å². The second-order valence-electron chi connectivity index (χ2n) is 6.83. The van der Waals surface area contributed by atoms with E-state index in [1.807, 2.05) is 71.6 Å². The summed E-state index contributed by atoms with van der Waals surface area (Å²) in [4.78, 5) is 30.7. The third-order valence-electron chi connectivity index (χ3n) is 4.82. The highest BCUT2D eigenvalue weighted by Crippen LogP contribution is 2.39. The molecule has 2 aromatic carbocycles. The van der Waals surface area contributed by atoms with Gasteiger partial charge in [0.25, 0.3) is 5.91 Å². The molecule has 1 aliphatic rings. The van der Waals surface area contributed by atoms with Gasteiger partial charge in [-0.05, 0) is 41.0 Å². The number of nitrogens with zero attached hydrogens (tertiary/aromatic N) is 2. The Morgan fingerprint density at radius 1 is 1.00 bits per heavy atom. The fraction of sp³-hybridized carbons (Fsp3) is 0.174. The summed E-state index contributed by atoms with van der Waals surface area (Å²) in [6.07, 6.45) is 3.41. The number of nitrogens with one attached hydrogen (secondary N) is 1. The summed E-state index contributed by atoms with van der Waals surface area (Å²) in [5.74, 6) is 0.499. The quantitative estimate of drug-likeness (QED) is 0.680. The lowest BCUT2D eigenvalue weighted by atomic mass is 10.1. The standard InChI is InChI=1S/C23H21N3O2S/c27-21-16-29-23(26(21)15-18-4-2-1-3-5-18)20-8-6-19(7-9-20)22(28)25-14-17-10-12-24-13-11-17/h1-13,23H,14-16H2,(H,25,28)/t23-/m0/s1. The monoisotopic (exact) mass is 403 g/mol. The number of hydrogen-bond acceptors (Lipinski definition) is 4. The normalized spacial score (nSPS) is 16.1. The molecule has 3 aromatic rings. The molecule has 5 nitrogen and oxygen atoms in total. The molecule has 4 rings (SSSR count).